The van der Waals surface area contributed by atoms with E-state index in [0.29, 0.717) is 6.54 Å². The lowest BCUT2D eigenvalue weighted by atomic mass is 9.98. The molecule has 0 bridgehead atoms. The fourth-order valence-electron chi connectivity index (χ4n) is 4.02. The van der Waals surface area contributed by atoms with Crippen molar-refractivity contribution in [3.05, 3.63) is 64.7 Å². The maximum absolute atomic E-state index is 12.4. The minimum atomic E-state index is 0.0972. The van der Waals surface area contributed by atoms with Gasteiger partial charge in [-0.1, -0.05) is 35.9 Å². The van der Waals surface area contributed by atoms with Crippen molar-refractivity contribution < 1.29 is 4.79 Å². The molecule has 4 rings (SSSR count). The van der Waals surface area contributed by atoms with Crippen LogP contribution < -0.4 is 10.2 Å². The second-order valence-electron chi connectivity index (χ2n) is 7.95. The number of carbonyl (C=O) groups excluding carboxylic acids is 1. The summed E-state index contributed by atoms with van der Waals surface area (Å²) in [6.07, 6.45) is 3.92. The predicted molar refractivity (Wildman–Crippen MR) is 115 cm³/mol. The summed E-state index contributed by atoms with van der Waals surface area (Å²) in [7, 11) is 0. The Morgan fingerprint density at radius 3 is 2.25 bits per heavy atom. The van der Waals surface area contributed by atoms with Crippen LogP contribution >= 0.6 is 11.6 Å². The van der Waals surface area contributed by atoms with Crippen molar-refractivity contribution in [2.45, 2.75) is 32.4 Å². The van der Waals surface area contributed by atoms with Crippen molar-refractivity contribution >= 4 is 23.2 Å². The van der Waals surface area contributed by atoms with Gasteiger partial charge in [0.15, 0.2) is 0 Å². The monoisotopic (exact) mass is 397 g/mol. The fraction of sp³-hybridized carbons (Fsp3) is 0.435. The molecular weight excluding hydrogens is 370 g/mol. The molecule has 2 heterocycles. The lowest BCUT2D eigenvalue weighted by molar-refractivity contribution is -0.130. The summed E-state index contributed by atoms with van der Waals surface area (Å²) in [6, 6.07) is 16.6. The van der Waals surface area contributed by atoms with Gasteiger partial charge >= 0.3 is 0 Å². The van der Waals surface area contributed by atoms with E-state index in [-0.39, 0.29) is 11.8 Å². The minimum absolute atomic E-state index is 0.0972. The van der Waals surface area contributed by atoms with E-state index in [1.807, 2.05) is 24.3 Å². The van der Waals surface area contributed by atoms with Crippen LogP contribution in [0.1, 0.15) is 30.4 Å². The highest BCUT2D eigenvalue weighted by Crippen LogP contribution is 2.22. The Morgan fingerprint density at radius 1 is 0.929 bits per heavy atom. The third-order valence-corrected chi connectivity index (χ3v) is 6.02. The number of hydrogen-bond acceptors (Lipinski definition) is 3. The number of amides is 1. The number of anilines is 1. The van der Waals surface area contributed by atoms with Crippen LogP contribution in [-0.2, 0) is 17.9 Å². The summed E-state index contributed by atoms with van der Waals surface area (Å²) in [4.78, 5) is 17.1. The molecule has 0 atom stereocenters. The first-order valence-corrected chi connectivity index (χ1v) is 10.6. The molecule has 0 spiro atoms. The number of piperidine rings is 1. The van der Waals surface area contributed by atoms with Crippen LogP contribution in [0.3, 0.4) is 0 Å². The molecule has 4 nitrogen and oxygen atoms in total. The zero-order valence-corrected chi connectivity index (χ0v) is 17.0. The quantitative estimate of drug-likeness (QED) is 0.797. The largest absolute Gasteiger partial charge is 0.372 e. The fourth-order valence-corrected chi connectivity index (χ4v) is 4.15. The van der Waals surface area contributed by atoms with Crippen LogP contribution in [0.2, 0.25) is 5.02 Å². The first-order valence-electron chi connectivity index (χ1n) is 10.3. The smallest absolute Gasteiger partial charge is 0.225 e. The van der Waals surface area contributed by atoms with Crippen LogP contribution in [0.5, 0.6) is 0 Å². The van der Waals surface area contributed by atoms with Crippen LogP contribution in [0.15, 0.2) is 48.5 Å². The lowest BCUT2D eigenvalue weighted by Gasteiger charge is -2.38. The zero-order valence-electron chi connectivity index (χ0n) is 16.2. The van der Waals surface area contributed by atoms with E-state index in [2.05, 4.69) is 39.4 Å². The number of halogens is 1. The maximum Gasteiger partial charge on any atom is 0.225 e. The minimum Gasteiger partial charge on any atom is -0.372 e. The summed E-state index contributed by atoms with van der Waals surface area (Å²) in [6.45, 7) is 5.44. The van der Waals surface area contributed by atoms with Crippen LogP contribution in [0, 0.1) is 5.92 Å². The molecule has 2 saturated heterocycles. The Kier molecular flexibility index (Phi) is 6.18. The number of likely N-dealkylation sites (tertiary alicyclic amines) is 1. The van der Waals surface area contributed by atoms with Gasteiger partial charge < -0.3 is 10.2 Å². The van der Waals surface area contributed by atoms with Crippen molar-refractivity contribution in [3.8, 4) is 0 Å². The number of carbonyl (C=O) groups is 1. The highest BCUT2D eigenvalue weighted by atomic mass is 35.5. The van der Waals surface area contributed by atoms with Crippen molar-refractivity contribution in [2.75, 3.05) is 31.1 Å². The summed E-state index contributed by atoms with van der Waals surface area (Å²) in [5, 5.41) is 3.85. The number of nitrogens with one attached hydrogen (secondary N) is 1. The molecular formula is C23H28ClN3O. The summed E-state index contributed by atoms with van der Waals surface area (Å²) in [5.41, 5.74) is 3.69. The lowest BCUT2D eigenvalue weighted by Crippen LogP contribution is -2.52. The van der Waals surface area contributed by atoms with E-state index < -0.39 is 0 Å². The molecule has 1 amide bonds. The van der Waals surface area contributed by atoms with Gasteiger partial charge in [-0.05, 0) is 54.7 Å². The molecule has 2 aromatic carbocycles. The van der Waals surface area contributed by atoms with Gasteiger partial charge in [-0.25, -0.2) is 0 Å². The first kappa shape index (κ1) is 19.3. The topological polar surface area (TPSA) is 35.6 Å². The third-order valence-electron chi connectivity index (χ3n) is 5.77. The van der Waals surface area contributed by atoms with Crippen molar-refractivity contribution in [2.24, 2.45) is 5.92 Å². The molecule has 5 heteroatoms. The van der Waals surface area contributed by atoms with E-state index in [9.17, 15) is 4.79 Å². The normalized spacial score (nSPS) is 18.0. The van der Waals surface area contributed by atoms with Gasteiger partial charge in [0.25, 0.3) is 0 Å². The molecule has 28 heavy (non-hydrogen) atoms. The van der Waals surface area contributed by atoms with E-state index in [1.165, 1.54) is 30.5 Å². The highest BCUT2D eigenvalue weighted by Gasteiger charge is 2.32. The zero-order chi connectivity index (χ0) is 19.3. The average Bonchev–Trinajstić information content (AvgIpc) is 2.71. The Balaban J connectivity index is 1.19. The van der Waals surface area contributed by atoms with E-state index in [4.69, 9.17) is 11.6 Å². The van der Waals surface area contributed by atoms with Gasteiger partial charge in [0, 0.05) is 50.0 Å². The summed E-state index contributed by atoms with van der Waals surface area (Å²) in [5.74, 6) is 0.257. The molecule has 0 aliphatic carbocycles. The molecule has 2 aliphatic rings. The van der Waals surface area contributed by atoms with E-state index >= 15 is 0 Å². The molecule has 0 unspecified atom stereocenters. The number of nitrogens with zero attached hydrogens (tertiary/aromatic N) is 2. The molecule has 148 valence electrons. The molecule has 1 N–H and O–H groups in total. The van der Waals surface area contributed by atoms with E-state index in [1.54, 1.807) is 0 Å². The molecule has 0 saturated carbocycles. The van der Waals surface area contributed by atoms with Crippen molar-refractivity contribution in [3.63, 3.8) is 0 Å². The van der Waals surface area contributed by atoms with Gasteiger partial charge in [0.2, 0.25) is 5.91 Å². The average molecular weight is 398 g/mol. The molecule has 0 radical (unpaired) electrons. The molecule has 2 aliphatic heterocycles. The van der Waals surface area contributed by atoms with Crippen LogP contribution in [-0.4, -0.2) is 37.0 Å². The van der Waals surface area contributed by atoms with Gasteiger partial charge in [0.05, 0.1) is 5.92 Å². The summed E-state index contributed by atoms with van der Waals surface area (Å²) >= 11 is 5.93. The maximum atomic E-state index is 12.4. The highest BCUT2D eigenvalue weighted by molar-refractivity contribution is 6.30. The number of benzene rings is 2. The SMILES string of the molecule is O=C(NCc1ccc(N2CCCCC2)cc1)C1CN(Cc2ccc(Cl)cc2)C1. The Morgan fingerprint density at radius 2 is 1.57 bits per heavy atom. The molecule has 0 aromatic heterocycles. The number of hydrogen-bond donors (Lipinski definition) is 1. The van der Waals surface area contributed by atoms with Crippen molar-refractivity contribution in [1.29, 1.82) is 0 Å². The van der Waals surface area contributed by atoms with Gasteiger partial charge in [-0.15, -0.1) is 0 Å². The van der Waals surface area contributed by atoms with Crippen LogP contribution in [0.25, 0.3) is 0 Å². The Bertz CT molecular complexity index is 778. The van der Waals surface area contributed by atoms with Gasteiger partial charge in [0.1, 0.15) is 0 Å². The Hall–Kier alpha value is -2.04. The molecule has 2 fully saturated rings. The summed E-state index contributed by atoms with van der Waals surface area (Å²) < 4.78 is 0. The van der Waals surface area contributed by atoms with Gasteiger partial charge in [-0.3, -0.25) is 9.69 Å². The standard InChI is InChI=1S/C23H28ClN3O/c24-21-8-4-19(5-9-21)15-26-16-20(17-26)23(28)25-14-18-6-10-22(11-7-18)27-12-2-1-3-13-27/h4-11,20H,1-3,12-17H2,(H,25,28). The predicted octanol–water partition coefficient (Wildman–Crippen LogP) is 4.08. The second kappa shape index (κ2) is 8.97. The second-order valence-corrected chi connectivity index (χ2v) is 8.39. The first-order chi connectivity index (χ1) is 13.7. The molecule has 2 aromatic rings. The number of rotatable bonds is 6. The van der Waals surface area contributed by atoms with E-state index in [0.717, 1.165) is 43.3 Å². The Labute approximate surface area is 172 Å². The van der Waals surface area contributed by atoms with Crippen molar-refractivity contribution in [1.82, 2.24) is 10.2 Å². The third kappa shape index (κ3) is 4.86. The van der Waals surface area contributed by atoms with Crippen LogP contribution in [0.4, 0.5) is 5.69 Å². The van der Waals surface area contributed by atoms with Gasteiger partial charge in [-0.2, -0.15) is 0 Å².